The van der Waals surface area contributed by atoms with Gasteiger partial charge in [0.05, 0.1) is 6.61 Å². The summed E-state index contributed by atoms with van der Waals surface area (Å²) in [5, 5.41) is 3.08. The molecule has 0 amide bonds. The van der Waals surface area contributed by atoms with E-state index in [1.165, 1.54) is 0 Å². The second-order valence-electron chi connectivity index (χ2n) is 4.31. The van der Waals surface area contributed by atoms with Gasteiger partial charge in [0.25, 0.3) is 0 Å². The molecule has 0 aliphatic carbocycles. The van der Waals surface area contributed by atoms with Crippen LogP contribution < -0.4 is 4.90 Å². The summed E-state index contributed by atoms with van der Waals surface area (Å²) in [5.41, 5.74) is 0. The van der Waals surface area contributed by atoms with E-state index in [4.69, 9.17) is 4.74 Å². The topological polar surface area (TPSA) is 45.7 Å². The SMILES string of the molecule is O=C1OCC[C@@H]1N1CCN(c2nccs2)CC1. The van der Waals surface area contributed by atoms with Crippen molar-refractivity contribution in [2.75, 3.05) is 37.7 Å². The summed E-state index contributed by atoms with van der Waals surface area (Å²) < 4.78 is 5.01. The van der Waals surface area contributed by atoms with Crippen LogP contribution >= 0.6 is 11.3 Å². The molecule has 0 N–H and O–H groups in total. The molecule has 0 spiro atoms. The van der Waals surface area contributed by atoms with E-state index in [9.17, 15) is 4.79 Å². The molecule has 0 saturated carbocycles. The molecule has 2 saturated heterocycles. The van der Waals surface area contributed by atoms with Crippen molar-refractivity contribution < 1.29 is 9.53 Å². The first-order valence-electron chi connectivity index (χ1n) is 5.90. The highest BCUT2D eigenvalue weighted by molar-refractivity contribution is 7.13. The highest BCUT2D eigenvalue weighted by Gasteiger charge is 2.34. The number of rotatable bonds is 2. The van der Waals surface area contributed by atoms with Gasteiger partial charge in [-0.3, -0.25) is 9.69 Å². The Bertz CT molecular complexity index is 387. The predicted octanol–water partition coefficient (Wildman–Crippen LogP) is 0.581. The molecular formula is C11H15N3O2S. The number of ether oxygens (including phenoxy) is 1. The monoisotopic (exact) mass is 253 g/mol. The van der Waals surface area contributed by atoms with Crippen LogP contribution in [0.2, 0.25) is 0 Å². The molecule has 1 aromatic rings. The molecule has 0 unspecified atom stereocenters. The van der Waals surface area contributed by atoms with E-state index in [2.05, 4.69) is 14.8 Å². The van der Waals surface area contributed by atoms with E-state index in [0.717, 1.165) is 37.7 Å². The summed E-state index contributed by atoms with van der Waals surface area (Å²) >= 11 is 1.67. The fourth-order valence-corrected chi connectivity index (χ4v) is 3.11. The number of carbonyl (C=O) groups excluding carboxylic acids is 1. The number of carbonyl (C=O) groups is 1. The number of nitrogens with zero attached hydrogens (tertiary/aromatic N) is 3. The third-order valence-corrected chi connectivity index (χ3v) is 4.18. The van der Waals surface area contributed by atoms with E-state index in [1.807, 2.05) is 11.6 Å². The molecule has 3 heterocycles. The van der Waals surface area contributed by atoms with Gasteiger partial charge in [-0.2, -0.15) is 0 Å². The minimum absolute atomic E-state index is 0.00607. The third-order valence-electron chi connectivity index (χ3n) is 3.35. The molecule has 92 valence electrons. The van der Waals surface area contributed by atoms with Gasteiger partial charge in [-0.15, -0.1) is 11.3 Å². The van der Waals surface area contributed by atoms with Crippen molar-refractivity contribution in [1.82, 2.24) is 9.88 Å². The van der Waals surface area contributed by atoms with Crippen molar-refractivity contribution in [3.8, 4) is 0 Å². The predicted molar refractivity (Wildman–Crippen MR) is 65.3 cm³/mol. The molecule has 5 nitrogen and oxygen atoms in total. The second kappa shape index (κ2) is 4.62. The third kappa shape index (κ3) is 2.14. The van der Waals surface area contributed by atoms with Crippen LogP contribution in [0.1, 0.15) is 6.42 Å². The van der Waals surface area contributed by atoms with Crippen LogP contribution in [0, 0.1) is 0 Å². The van der Waals surface area contributed by atoms with Gasteiger partial charge in [0, 0.05) is 44.2 Å². The molecule has 0 aromatic carbocycles. The zero-order chi connectivity index (χ0) is 11.7. The second-order valence-corrected chi connectivity index (χ2v) is 5.18. The van der Waals surface area contributed by atoms with E-state index in [-0.39, 0.29) is 12.0 Å². The highest BCUT2D eigenvalue weighted by Crippen LogP contribution is 2.21. The first-order chi connectivity index (χ1) is 8.34. The molecule has 6 heteroatoms. The highest BCUT2D eigenvalue weighted by atomic mass is 32.1. The van der Waals surface area contributed by atoms with E-state index in [0.29, 0.717) is 6.61 Å². The van der Waals surface area contributed by atoms with Gasteiger partial charge in [-0.1, -0.05) is 0 Å². The number of hydrogen-bond donors (Lipinski definition) is 0. The largest absolute Gasteiger partial charge is 0.464 e. The lowest BCUT2D eigenvalue weighted by Crippen LogP contribution is -2.51. The molecule has 0 radical (unpaired) electrons. The Hall–Kier alpha value is -1.14. The van der Waals surface area contributed by atoms with E-state index < -0.39 is 0 Å². The number of anilines is 1. The lowest BCUT2D eigenvalue weighted by molar-refractivity contribution is -0.142. The van der Waals surface area contributed by atoms with Crippen LogP contribution in [0.25, 0.3) is 0 Å². The Morgan fingerprint density at radius 2 is 2.18 bits per heavy atom. The molecular weight excluding hydrogens is 238 g/mol. The van der Waals surface area contributed by atoms with Crippen LogP contribution in [-0.4, -0.2) is 54.7 Å². The number of piperazine rings is 1. The smallest absolute Gasteiger partial charge is 0.323 e. The number of hydrogen-bond acceptors (Lipinski definition) is 6. The molecule has 17 heavy (non-hydrogen) atoms. The number of cyclic esters (lactones) is 1. The first kappa shape index (κ1) is 11.0. The quantitative estimate of drug-likeness (QED) is 0.722. The summed E-state index contributed by atoms with van der Waals surface area (Å²) in [6.07, 6.45) is 2.68. The van der Waals surface area contributed by atoms with Crippen molar-refractivity contribution in [2.45, 2.75) is 12.5 Å². The molecule has 1 atom stereocenters. The van der Waals surface area contributed by atoms with Crippen LogP contribution in [-0.2, 0) is 9.53 Å². The molecule has 3 rings (SSSR count). The molecule has 1 aromatic heterocycles. The van der Waals surface area contributed by atoms with E-state index >= 15 is 0 Å². The summed E-state index contributed by atoms with van der Waals surface area (Å²) in [6.45, 7) is 4.30. The number of aromatic nitrogens is 1. The average Bonchev–Trinajstić information content (AvgIpc) is 3.00. The molecule has 2 fully saturated rings. The van der Waals surface area contributed by atoms with Crippen molar-refractivity contribution in [3.05, 3.63) is 11.6 Å². The van der Waals surface area contributed by atoms with Crippen molar-refractivity contribution in [3.63, 3.8) is 0 Å². The maximum atomic E-state index is 11.5. The Morgan fingerprint density at radius 3 is 2.76 bits per heavy atom. The Morgan fingerprint density at radius 1 is 1.35 bits per heavy atom. The van der Waals surface area contributed by atoms with Gasteiger partial charge in [0.15, 0.2) is 5.13 Å². The van der Waals surface area contributed by atoms with Gasteiger partial charge in [0.1, 0.15) is 6.04 Å². The molecule has 2 aliphatic heterocycles. The van der Waals surface area contributed by atoms with E-state index in [1.54, 1.807) is 11.3 Å². The summed E-state index contributed by atoms with van der Waals surface area (Å²) in [5.74, 6) is -0.0484. The van der Waals surface area contributed by atoms with Crippen LogP contribution in [0.5, 0.6) is 0 Å². The normalized spacial score (nSPS) is 26.2. The Balaban J connectivity index is 1.59. The average molecular weight is 253 g/mol. The zero-order valence-electron chi connectivity index (χ0n) is 9.54. The molecule has 0 bridgehead atoms. The fourth-order valence-electron chi connectivity index (χ4n) is 2.41. The van der Waals surface area contributed by atoms with Gasteiger partial charge in [-0.05, 0) is 0 Å². The zero-order valence-corrected chi connectivity index (χ0v) is 10.4. The van der Waals surface area contributed by atoms with Gasteiger partial charge in [0.2, 0.25) is 0 Å². The molecule has 2 aliphatic rings. The van der Waals surface area contributed by atoms with Gasteiger partial charge >= 0.3 is 5.97 Å². The van der Waals surface area contributed by atoms with Crippen molar-refractivity contribution in [2.24, 2.45) is 0 Å². The summed E-state index contributed by atoms with van der Waals surface area (Å²) in [7, 11) is 0. The van der Waals surface area contributed by atoms with Crippen LogP contribution in [0.15, 0.2) is 11.6 Å². The van der Waals surface area contributed by atoms with Crippen LogP contribution in [0.3, 0.4) is 0 Å². The van der Waals surface area contributed by atoms with Gasteiger partial charge < -0.3 is 9.64 Å². The summed E-state index contributed by atoms with van der Waals surface area (Å²) in [4.78, 5) is 20.3. The number of thiazole rings is 1. The minimum atomic E-state index is -0.0484. The first-order valence-corrected chi connectivity index (χ1v) is 6.78. The summed E-state index contributed by atoms with van der Waals surface area (Å²) in [6, 6.07) is -0.00607. The van der Waals surface area contributed by atoms with Crippen LogP contribution in [0.4, 0.5) is 5.13 Å². The van der Waals surface area contributed by atoms with Gasteiger partial charge in [-0.25, -0.2) is 4.98 Å². The van der Waals surface area contributed by atoms with Crippen molar-refractivity contribution in [1.29, 1.82) is 0 Å². The fraction of sp³-hybridized carbons (Fsp3) is 0.636. The maximum Gasteiger partial charge on any atom is 0.323 e. The minimum Gasteiger partial charge on any atom is -0.464 e. The lowest BCUT2D eigenvalue weighted by atomic mass is 10.2. The standard InChI is InChI=1S/C11H15N3O2S/c15-10-9(1-7-16-10)13-3-5-14(6-4-13)11-12-2-8-17-11/h2,8-9H,1,3-7H2/t9-/m0/s1. The van der Waals surface area contributed by atoms with Crippen molar-refractivity contribution >= 4 is 22.4 Å². The number of esters is 1. The lowest BCUT2D eigenvalue weighted by Gasteiger charge is -2.36. The Kier molecular flexibility index (Phi) is 2.98. The maximum absolute atomic E-state index is 11.5. The Labute approximate surface area is 104 Å².